The van der Waals surface area contributed by atoms with E-state index in [0.717, 1.165) is 32.7 Å². The number of nitrogens with zero attached hydrogens (tertiary/aromatic N) is 3. The normalized spacial score (nSPS) is 16.5. The molecule has 1 amide bonds. The predicted molar refractivity (Wildman–Crippen MR) is 76.8 cm³/mol. The lowest BCUT2D eigenvalue weighted by molar-refractivity contribution is 0.0658. The molecule has 104 valence electrons. The maximum absolute atomic E-state index is 12.4. The standard InChI is InChI=1S/C13H19ClN4O/c1-3-15-11-5-4-10(14)12(16-11)13(19)18-8-6-17(2)7-9-18/h4-5H,3,6-9H2,1-2H3,(H,15,16). The number of anilines is 1. The van der Waals surface area contributed by atoms with Crippen LogP contribution >= 0.6 is 11.6 Å². The first kappa shape index (κ1) is 14.1. The van der Waals surface area contributed by atoms with Gasteiger partial charge < -0.3 is 15.1 Å². The quantitative estimate of drug-likeness (QED) is 0.914. The van der Waals surface area contributed by atoms with Crippen molar-refractivity contribution in [3.63, 3.8) is 0 Å². The van der Waals surface area contributed by atoms with E-state index in [-0.39, 0.29) is 5.91 Å². The zero-order valence-corrected chi connectivity index (χ0v) is 12.1. The van der Waals surface area contributed by atoms with E-state index in [4.69, 9.17) is 11.6 Å². The van der Waals surface area contributed by atoms with Crippen molar-refractivity contribution in [1.82, 2.24) is 14.8 Å². The van der Waals surface area contributed by atoms with Gasteiger partial charge in [0.2, 0.25) is 0 Å². The second-order valence-electron chi connectivity index (χ2n) is 4.65. The van der Waals surface area contributed by atoms with Gasteiger partial charge in [0.05, 0.1) is 5.02 Å². The number of carbonyl (C=O) groups excluding carboxylic acids is 1. The van der Waals surface area contributed by atoms with Crippen molar-refractivity contribution in [2.24, 2.45) is 0 Å². The number of aromatic nitrogens is 1. The van der Waals surface area contributed by atoms with Gasteiger partial charge in [-0.15, -0.1) is 0 Å². The van der Waals surface area contributed by atoms with Crippen LogP contribution in [0.2, 0.25) is 5.02 Å². The summed E-state index contributed by atoms with van der Waals surface area (Å²) in [5.74, 6) is 0.599. The second kappa shape index (κ2) is 6.21. The van der Waals surface area contributed by atoms with Crippen molar-refractivity contribution in [2.75, 3.05) is 45.1 Å². The van der Waals surface area contributed by atoms with E-state index in [1.165, 1.54) is 0 Å². The highest BCUT2D eigenvalue weighted by atomic mass is 35.5. The third-order valence-electron chi connectivity index (χ3n) is 3.20. The molecule has 2 rings (SSSR count). The Kier molecular flexibility index (Phi) is 4.61. The number of rotatable bonds is 3. The third kappa shape index (κ3) is 3.36. The lowest BCUT2D eigenvalue weighted by Gasteiger charge is -2.32. The molecule has 1 aromatic heterocycles. The molecule has 1 aliphatic rings. The molecule has 1 aromatic rings. The fourth-order valence-electron chi connectivity index (χ4n) is 2.03. The lowest BCUT2D eigenvalue weighted by Crippen LogP contribution is -2.47. The molecule has 1 N–H and O–H groups in total. The molecule has 1 aliphatic heterocycles. The van der Waals surface area contributed by atoms with Crippen LogP contribution in [0.25, 0.3) is 0 Å². The van der Waals surface area contributed by atoms with Gasteiger partial charge in [-0.25, -0.2) is 4.98 Å². The summed E-state index contributed by atoms with van der Waals surface area (Å²) in [5, 5.41) is 3.50. The lowest BCUT2D eigenvalue weighted by atomic mass is 10.2. The molecule has 19 heavy (non-hydrogen) atoms. The minimum Gasteiger partial charge on any atom is -0.370 e. The van der Waals surface area contributed by atoms with Crippen LogP contribution in [-0.4, -0.2) is 60.5 Å². The van der Waals surface area contributed by atoms with Crippen LogP contribution in [-0.2, 0) is 0 Å². The molecule has 0 radical (unpaired) electrons. The molecule has 2 heterocycles. The molecular weight excluding hydrogens is 264 g/mol. The summed E-state index contributed by atoms with van der Waals surface area (Å²) in [5.41, 5.74) is 0.338. The first-order valence-corrected chi connectivity index (χ1v) is 6.88. The van der Waals surface area contributed by atoms with Crippen molar-refractivity contribution >= 4 is 23.3 Å². The second-order valence-corrected chi connectivity index (χ2v) is 5.06. The van der Waals surface area contributed by atoms with E-state index in [1.54, 1.807) is 12.1 Å². The van der Waals surface area contributed by atoms with Crippen molar-refractivity contribution in [2.45, 2.75) is 6.92 Å². The topological polar surface area (TPSA) is 48.5 Å². The Morgan fingerprint density at radius 1 is 1.37 bits per heavy atom. The van der Waals surface area contributed by atoms with E-state index in [0.29, 0.717) is 16.5 Å². The van der Waals surface area contributed by atoms with Crippen LogP contribution in [0.4, 0.5) is 5.82 Å². The number of carbonyl (C=O) groups is 1. The Labute approximate surface area is 118 Å². The van der Waals surface area contributed by atoms with Crippen molar-refractivity contribution in [3.05, 3.63) is 22.8 Å². The van der Waals surface area contributed by atoms with Crippen LogP contribution in [0, 0.1) is 0 Å². The van der Waals surface area contributed by atoms with Crippen molar-refractivity contribution < 1.29 is 4.79 Å². The molecule has 1 saturated heterocycles. The smallest absolute Gasteiger partial charge is 0.274 e. The Morgan fingerprint density at radius 2 is 2.05 bits per heavy atom. The molecule has 0 unspecified atom stereocenters. The van der Waals surface area contributed by atoms with E-state index in [2.05, 4.69) is 22.2 Å². The molecule has 0 saturated carbocycles. The monoisotopic (exact) mass is 282 g/mol. The van der Waals surface area contributed by atoms with Crippen LogP contribution < -0.4 is 5.32 Å². The number of amides is 1. The Balaban J connectivity index is 2.15. The van der Waals surface area contributed by atoms with Crippen molar-refractivity contribution in [1.29, 1.82) is 0 Å². The highest BCUT2D eigenvalue weighted by Gasteiger charge is 2.23. The number of hydrogen-bond acceptors (Lipinski definition) is 4. The first-order valence-electron chi connectivity index (χ1n) is 6.50. The van der Waals surface area contributed by atoms with E-state index in [9.17, 15) is 4.79 Å². The van der Waals surface area contributed by atoms with E-state index >= 15 is 0 Å². The van der Waals surface area contributed by atoms with Gasteiger partial charge in [0.25, 0.3) is 5.91 Å². The number of pyridine rings is 1. The maximum Gasteiger partial charge on any atom is 0.274 e. The van der Waals surface area contributed by atoms with Crippen LogP contribution in [0.3, 0.4) is 0 Å². The molecule has 0 spiro atoms. The average Bonchev–Trinajstić information content (AvgIpc) is 2.41. The predicted octanol–water partition coefficient (Wildman–Crippen LogP) is 1.55. The molecule has 0 bridgehead atoms. The Morgan fingerprint density at radius 3 is 2.68 bits per heavy atom. The maximum atomic E-state index is 12.4. The fourth-order valence-corrected chi connectivity index (χ4v) is 2.22. The number of nitrogens with one attached hydrogen (secondary N) is 1. The summed E-state index contributed by atoms with van der Waals surface area (Å²) in [4.78, 5) is 20.7. The molecular formula is C13H19ClN4O. The van der Waals surface area contributed by atoms with Gasteiger partial charge in [-0.3, -0.25) is 4.79 Å². The molecule has 1 fully saturated rings. The zero-order chi connectivity index (χ0) is 13.8. The number of likely N-dealkylation sites (N-methyl/N-ethyl adjacent to an activating group) is 1. The fraction of sp³-hybridized carbons (Fsp3) is 0.538. The highest BCUT2D eigenvalue weighted by Crippen LogP contribution is 2.19. The summed E-state index contributed by atoms with van der Waals surface area (Å²) < 4.78 is 0. The molecule has 0 aromatic carbocycles. The largest absolute Gasteiger partial charge is 0.370 e. The summed E-state index contributed by atoms with van der Waals surface area (Å²) >= 11 is 6.09. The zero-order valence-electron chi connectivity index (χ0n) is 11.3. The minimum absolute atomic E-state index is 0.0853. The summed E-state index contributed by atoms with van der Waals surface area (Å²) in [6, 6.07) is 3.50. The number of piperazine rings is 1. The highest BCUT2D eigenvalue weighted by molar-refractivity contribution is 6.33. The van der Waals surface area contributed by atoms with Gasteiger partial charge in [-0.2, -0.15) is 0 Å². The van der Waals surface area contributed by atoms with Crippen LogP contribution in [0.1, 0.15) is 17.4 Å². The van der Waals surface area contributed by atoms with E-state index < -0.39 is 0 Å². The molecule has 5 nitrogen and oxygen atoms in total. The average molecular weight is 283 g/mol. The van der Waals surface area contributed by atoms with E-state index in [1.807, 2.05) is 11.8 Å². The number of hydrogen-bond donors (Lipinski definition) is 1. The van der Waals surface area contributed by atoms with Gasteiger partial charge >= 0.3 is 0 Å². The first-order chi connectivity index (χ1) is 9.11. The van der Waals surface area contributed by atoms with Gasteiger partial charge in [0, 0.05) is 32.7 Å². The van der Waals surface area contributed by atoms with Gasteiger partial charge in [-0.1, -0.05) is 11.6 Å². The SMILES string of the molecule is CCNc1ccc(Cl)c(C(=O)N2CCN(C)CC2)n1. The summed E-state index contributed by atoms with van der Waals surface area (Å²) in [7, 11) is 2.05. The summed E-state index contributed by atoms with van der Waals surface area (Å²) in [6.45, 7) is 5.96. The van der Waals surface area contributed by atoms with Gasteiger partial charge in [-0.05, 0) is 26.1 Å². The minimum atomic E-state index is -0.0853. The summed E-state index contributed by atoms with van der Waals surface area (Å²) in [6.07, 6.45) is 0. The van der Waals surface area contributed by atoms with Gasteiger partial charge in [0.1, 0.15) is 11.5 Å². The molecule has 0 aliphatic carbocycles. The van der Waals surface area contributed by atoms with Crippen LogP contribution in [0.5, 0.6) is 0 Å². The molecule has 0 atom stereocenters. The third-order valence-corrected chi connectivity index (χ3v) is 3.50. The Hall–Kier alpha value is -1.33. The molecule has 6 heteroatoms. The van der Waals surface area contributed by atoms with Crippen molar-refractivity contribution in [3.8, 4) is 0 Å². The van der Waals surface area contributed by atoms with Crippen LogP contribution in [0.15, 0.2) is 12.1 Å². The Bertz CT molecular complexity index is 458. The van der Waals surface area contributed by atoms with Gasteiger partial charge in [0.15, 0.2) is 0 Å². The number of halogens is 1.